The summed E-state index contributed by atoms with van der Waals surface area (Å²) in [5.74, 6) is -0.401. The molecule has 5 heteroatoms. The second-order valence-corrected chi connectivity index (χ2v) is 3.08. The molecule has 1 aromatic rings. The van der Waals surface area contributed by atoms with Crippen molar-refractivity contribution < 1.29 is 9.53 Å². The first kappa shape index (κ1) is 10.5. The highest BCUT2D eigenvalue weighted by molar-refractivity contribution is 7.80. The van der Waals surface area contributed by atoms with Gasteiger partial charge >= 0.3 is 5.97 Å². The molecule has 4 nitrogen and oxygen atoms in total. The number of nitriles is 1. The molecule has 0 saturated carbocycles. The van der Waals surface area contributed by atoms with Crippen LogP contribution >= 0.6 is 12.6 Å². The minimum Gasteiger partial charge on any atom is -0.469 e. The lowest BCUT2D eigenvalue weighted by molar-refractivity contribution is -0.139. The van der Waals surface area contributed by atoms with E-state index < -0.39 is 5.97 Å². The summed E-state index contributed by atoms with van der Waals surface area (Å²) in [5.41, 5.74) is 0.764. The molecule has 0 bridgehead atoms. The van der Waals surface area contributed by atoms with Crippen LogP contribution in [0.25, 0.3) is 0 Å². The Morgan fingerprint density at radius 2 is 2.50 bits per heavy atom. The average Bonchev–Trinajstić information content (AvgIpc) is 2.18. The van der Waals surface area contributed by atoms with Gasteiger partial charge in [-0.3, -0.25) is 4.79 Å². The summed E-state index contributed by atoms with van der Waals surface area (Å²) in [5, 5.41) is 8.71. The van der Waals surface area contributed by atoms with Crippen molar-refractivity contribution >= 4 is 18.6 Å². The summed E-state index contributed by atoms with van der Waals surface area (Å²) in [6.07, 6.45) is 1.50. The molecule has 0 N–H and O–H groups in total. The Balaban J connectivity index is 3.00. The summed E-state index contributed by atoms with van der Waals surface area (Å²) < 4.78 is 4.49. The summed E-state index contributed by atoms with van der Waals surface area (Å²) >= 11 is 4.07. The van der Waals surface area contributed by atoms with Crippen LogP contribution in [0, 0.1) is 11.3 Å². The lowest BCUT2D eigenvalue weighted by Gasteiger charge is -2.02. The van der Waals surface area contributed by atoms with E-state index in [0.717, 1.165) is 0 Å². The molecule has 0 amide bonds. The number of methoxy groups -OCH3 is 1. The van der Waals surface area contributed by atoms with Gasteiger partial charge in [0.1, 0.15) is 11.8 Å². The Morgan fingerprint density at radius 1 is 1.79 bits per heavy atom. The Labute approximate surface area is 86.9 Å². The van der Waals surface area contributed by atoms with Gasteiger partial charge < -0.3 is 4.74 Å². The summed E-state index contributed by atoms with van der Waals surface area (Å²) in [4.78, 5) is 15.4. The van der Waals surface area contributed by atoms with E-state index in [-0.39, 0.29) is 12.1 Å². The maximum atomic E-state index is 11.0. The molecule has 0 fully saturated rings. The molecule has 72 valence electrons. The molecule has 1 heterocycles. The fourth-order valence-corrected chi connectivity index (χ4v) is 1.17. The van der Waals surface area contributed by atoms with Gasteiger partial charge in [-0.25, -0.2) is 4.98 Å². The zero-order chi connectivity index (χ0) is 10.6. The lowest BCUT2D eigenvalue weighted by Crippen LogP contribution is -2.06. The second kappa shape index (κ2) is 4.63. The van der Waals surface area contributed by atoms with Crippen LogP contribution in [0.4, 0.5) is 0 Å². The van der Waals surface area contributed by atoms with E-state index in [4.69, 9.17) is 5.26 Å². The van der Waals surface area contributed by atoms with Crippen molar-refractivity contribution in [3.63, 3.8) is 0 Å². The summed E-state index contributed by atoms with van der Waals surface area (Å²) in [6, 6.07) is 3.53. The first-order valence-electron chi connectivity index (χ1n) is 3.82. The summed E-state index contributed by atoms with van der Waals surface area (Å²) in [7, 11) is 1.30. The maximum absolute atomic E-state index is 11.0. The van der Waals surface area contributed by atoms with Crippen molar-refractivity contribution in [2.45, 2.75) is 11.3 Å². The number of carbonyl (C=O) groups excluding carboxylic acids is 1. The van der Waals surface area contributed by atoms with Crippen LogP contribution in [0.3, 0.4) is 0 Å². The van der Waals surface area contributed by atoms with Crippen LogP contribution in [-0.2, 0) is 16.0 Å². The third-order valence-corrected chi connectivity index (χ3v) is 1.87. The standard InChI is InChI=1S/C9H8N2O2S/c1-13-9(12)3-6-2-7(14)5-11-8(6)4-10/h2,5,14H,3H2,1H3. The van der Waals surface area contributed by atoms with Crippen LogP contribution in [0.2, 0.25) is 0 Å². The smallest absolute Gasteiger partial charge is 0.310 e. The highest BCUT2D eigenvalue weighted by Crippen LogP contribution is 2.12. The van der Waals surface area contributed by atoms with E-state index in [1.54, 1.807) is 6.07 Å². The minimum absolute atomic E-state index is 0.0425. The average molecular weight is 208 g/mol. The lowest BCUT2D eigenvalue weighted by atomic mass is 10.1. The van der Waals surface area contributed by atoms with Gasteiger partial charge in [0.25, 0.3) is 0 Å². The van der Waals surface area contributed by atoms with Crippen molar-refractivity contribution in [1.29, 1.82) is 5.26 Å². The number of hydrogen-bond donors (Lipinski definition) is 1. The van der Waals surface area contributed by atoms with Gasteiger partial charge in [-0.2, -0.15) is 5.26 Å². The number of esters is 1. The van der Waals surface area contributed by atoms with Gasteiger partial charge in [-0.1, -0.05) is 0 Å². The molecular weight excluding hydrogens is 200 g/mol. The third kappa shape index (κ3) is 2.47. The monoisotopic (exact) mass is 208 g/mol. The zero-order valence-corrected chi connectivity index (χ0v) is 8.41. The first-order chi connectivity index (χ1) is 6.67. The van der Waals surface area contributed by atoms with E-state index in [2.05, 4.69) is 22.3 Å². The van der Waals surface area contributed by atoms with Crippen LogP contribution in [0.15, 0.2) is 17.2 Å². The molecule has 14 heavy (non-hydrogen) atoms. The molecule has 0 aliphatic heterocycles. The first-order valence-corrected chi connectivity index (χ1v) is 4.27. The van der Waals surface area contributed by atoms with Crippen LogP contribution in [0.5, 0.6) is 0 Å². The highest BCUT2D eigenvalue weighted by Gasteiger charge is 2.09. The number of rotatable bonds is 2. The molecular formula is C9H8N2O2S. The predicted molar refractivity (Wildman–Crippen MR) is 51.9 cm³/mol. The predicted octanol–water partition coefficient (Wildman–Crippen LogP) is 0.957. The highest BCUT2D eigenvalue weighted by atomic mass is 32.1. The molecule has 1 rings (SSSR count). The van der Waals surface area contributed by atoms with E-state index in [9.17, 15) is 4.79 Å². The van der Waals surface area contributed by atoms with E-state index in [1.807, 2.05) is 6.07 Å². The molecule has 0 aliphatic carbocycles. The number of carbonyl (C=O) groups is 1. The van der Waals surface area contributed by atoms with Crippen molar-refractivity contribution in [3.8, 4) is 6.07 Å². The molecule has 0 atom stereocenters. The van der Waals surface area contributed by atoms with Crippen LogP contribution < -0.4 is 0 Å². The van der Waals surface area contributed by atoms with E-state index in [0.29, 0.717) is 10.5 Å². The molecule has 0 saturated heterocycles. The van der Waals surface area contributed by atoms with Gasteiger partial charge in [-0.15, -0.1) is 12.6 Å². The Bertz CT molecular complexity index is 398. The van der Waals surface area contributed by atoms with E-state index >= 15 is 0 Å². The van der Waals surface area contributed by atoms with Gasteiger partial charge in [-0.05, 0) is 6.07 Å². The second-order valence-electron chi connectivity index (χ2n) is 2.57. The number of nitrogens with zero attached hydrogens (tertiary/aromatic N) is 2. The fourth-order valence-electron chi connectivity index (χ4n) is 0.961. The Kier molecular flexibility index (Phi) is 3.48. The van der Waals surface area contributed by atoms with Crippen LogP contribution in [0.1, 0.15) is 11.3 Å². The van der Waals surface area contributed by atoms with Gasteiger partial charge in [0.2, 0.25) is 0 Å². The molecule has 1 aromatic heterocycles. The molecule has 0 spiro atoms. The number of pyridine rings is 1. The summed E-state index contributed by atoms with van der Waals surface area (Å²) in [6.45, 7) is 0. The fraction of sp³-hybridized carbons (Fsp3) is 0.222. The number of hydrogen-bond acceptors (Lipinski definition) is 5. The topological polar surface area (TPSA) is 63.0 Å². The largest absolute Gasteiger partial charge is 0.469 e. The van der Waals surface area contributed by atoms with Crippen molar-refractivity contribution in [2.75, 3.05) is 7.11 Å². The van der Waals surface area contributed by atoms with Gasteiger partial charge in [0, 0.05) is 16.7 Å². The van der Waals surface area contributed by atoms with Crippen molar-refractivity contribution in [2.24, 2.45) is 0 Å². The Hall–Kier alpha value is -1.54. The Morgan fingerprint density at radius 3 is 3.07 bits per heavy atom. The van der Waals surface area contributed by atoms with E-state index in [1.165, 1.54) is 13.3 Å². The normalized spacial score (nSPS) is 9.21. The molecule has 0 unspecified atom stereocenters. The minimum atomic E-state index is -0.401. The number of thiol groups is 1. The van der Waals surface area contributed by atoms with Gasteiger partial charge in [0.05, 0.1) is 13.5 Å². The molecule has 0 radical (unpaired) electrons. The van der Waals surface area contributed by atoms with Crippen LogP contribution in [-0.4, -0.2) is 18.1 Å². The molecule has 0 aliphatic rings. The number of aromatic nitrogens is 1. The zero-order valence-electron chi connectivity index (χ0n) is 7.52. The van der Waals surface area contributed by atoms with Crippen molar-refractivity contribution in [1.82, 2.24) is 4.98 Å². The van der Waals surface area contributed by atoms with Crippen molar-refractivity contribution in [3.05, 3.63) is 23.5 Å². The third-order valence-electron chi connectivity index (χ3n) is 1.62. The SMILES string of the molecule is COC(=O)Cc1cc(S)cnc1C#N. The molecule has 0 aromatic carbocycles. The maximum Gasteiger partial charge on any atom is 0.310 e. The van der Waals surface area contributed by atoms with Gasteiger partial charge in [0.15, 0.2) is 0 Å². The number of ether oxygens (including phenoxy) is 1. The quantitative estimate of drug-likeness (QED) is 0.580.